The molecule has 0 unspecified atom stereocenters. The van der Waals surface area contributed by atoms with E-state index in [0.29, 0.717) is 11.2 Å². The van der Waals surface area contributed by atoms with Crippen LogP contribution in [0.2, 0.25) is 0 Å². The molecule has 0 fully saturated rings. The fourth-order valence-corrected chi connectivity index (χ4v) is 4.70. The van der Waals surface area contributed by atoms with Gasteiger partial charge in [-0.1, -0.05) is 45.9 Å². The smallest absolute Gasteiger partial charge is 0.263 e. The summed E-state index contributed by atoms with van der Waals surface area (Å²) in [5.41, 5.74) is 3.87. The van der Waals surface area contributed by atoms with Gasteiger partial charge in [0, 0.05) is 10.6 Å². The Morgan fingerprint density at radius 2 is 1.69 bits per heavy atom. The van der Waals surface area contributed by atoms with Crippen molar-refractivity contribution in [2.24, 2.45) is 0 Å². The monoisotopic (exact) mass is 411 g/mol. The highest BCUT2D eigenvalue weighted by molar-refractivity contribution is 7.18. The zero-order valence-corrected chi connectivity index (χ0v) is 19.0. The molecule has 0 saturated carbocycles. The fraction of sp³-hybridized carbons (Fsp3) is 0.435. The van der Waals surface area contributed by atoms with Crippen molar-refractivity contribution in [3.63, 3.8) is 0 Å². The van der Waals surface area contributed by atoms with E-state index < -0.39 is 0 Å². The van der Waals surface area contributed by atoms with E-state index in [9.17, 15) is 9.59 Å². The summed E-state index contributed by atoms with van der Waals surface area (Å²) in [7, 11) is 0. The first-order valence-corrected chi connectivity index (χ1v) is 10.8. The molecular weight excluding hydrogens is 382 g/mol. The standard InChI is InChI=1S/C23H29N3O2S/c1-12(2)17-9-8-10-18(13(3)4)21(17)25-19(27)11-26-16(7)24-22-20(23(26)28)14(5)15(6)29-22/h8-10,12-13H,11H2,1-7H3,(H,25,27). The lowest BCUT2D eigenvalue weighted by atomic mass is 9.92. The molecule has 0 spiro atoms. The molecule has 0 aliphatic heterocycles. The first-order valence-electron chi connectivity index (χ1n) is 10.0. The molecule has 3 rings (SSSR count). The first-order chi connectivity index (χ1) is 13.6. The Bertz CT molecular complexity index is 1110. The number of aromatic nitrogens is 2. The zero-order valence-electron chi connectivity index (χ0n) is 18.2. The lowest BCUT2D eigenvalue weighted by Crippen LogP contribution is -2.30. The maximum absolute atomic E-state index is 13.1. The van der Waals surface area contributed by atoms with Crippen molar-refractivity contribution < 1.29 is 4.79 Å². The van der Waals surface area contributed by atoms with Crippen molar-refractivity contribution in [3.05, 3.63) is 55.9 Å². The van der Waals surface area contributed by atoms with Crippen LogP contribution in [0.4, 0.5) is 5.69 Å². The van der Waals surface area contributed by atoms with E-state index in [0.717, 1.165) is 32.1 Å². The number of nitrogens with one attached hydrogen (secondary N) is 1. The van der Waals surface area contributed by atoms with Gasteiger partial charge in [0.25, 0.3) is 5.56 Å². The molecule has 0 saturated heterocycles. The van der Waals surface area contributed by atoms with Gasteiger partial charge in [-0.3, -0.25) is 14.2 Å². The summed E-state index contributed by atoms with van der Waals surface area (Å²) in [5, 5.41) is 3.71. The maximum atomic E-state index is 13.1. The molecule has 0 bridgehead atoms. The summed E-state index contributed by atoms with van der Waals surface area (Å²) in [6, 6.07) is 6.14. The summed E-state index contributed by atoms with van der Waals surface area (Å²) in [4.78, 5) is 32.4. The van der Waals surface area contributed by atoms with E-state index in [1.54, 1.807) is 6.92 Å². The number of benzene rings is 1. The van der Waals surface area contributed by atoms with Crippen molar-refractivity contribution in [2.75, 3.05) is 5.32 Å². The van der Waals surface area contributed by atoms with Gasteiger partial charge in [0.2, 0.25) is 5.91 Å². The molecule has 1 N–H and O–H groups in total. The Morgan fingerprint density at radius 1 is 1.10 bits per heavy atom. The van der Waals surface area contributed by atoms with Crippen molar-refractivity contribution in [2.45, 2.75) is 66.8 Å². The van der Waals surface area contributed by atoms with Gasteiger partial charge in [-0.15, -0.1) is 11.3 Å². The molecule has 154 valence electrons. The average Bonchev–Trinajstić information content (AvgIpc) is 2.92. The van der Waals surface area contributed by atoms with E-state index >= 15 is 0 Å². The Morgan fingerprint density at radius 3 is 2.24 bits per heavy atom. The highest BCUT2D eigenvalue weighted by Crippen LogP contribution is 2.32. The lowest BCUT2D eigenvalue weighted by molar-refractivity contribution is -0.116. The van der Waals surface area contributed by atoms with Crippen molar-refractivity contribution in [1.29, 1.82) is 0 Å². The highest BCUT2D eigenvalue weighted by Gasteiger charge is 2.19. The van der Waals surface area contributed by atoms with Crippen LogP contribution in [0, 0.1) is 20.8 Å². The molecule has 29 heavy (non-hydrogen) atoms. The number of nitrogens with zero attached hydrogens (tertiary/aromatic N) is 2. The molecule has 0 atom stereocenters. The molecule has 0 aliphatic carbocycles. The largest absolute Gasteiger partial charge is 0.324 e. The third kappa shape index (κ3) is 3.99. The van der Waals surface area contributed by atoms with Gasteiger partial charge in [0.15, 0.2) is 0 Å². The van der Waals surface area contributed by atoms with Gasteiger partial charge in [0.05, 0.1) is 5.39 Å². The summed E-state index contributed by atoms with van der Waals surface area (Å²) in [5.74, 6) is 0.905. The minimum absolute atomic E-state index is 0.0497. The lowest BCUT2D eigenvalue weighted by Gasteiger charge is -2.20. The van der Waals surface area contributed by atoms with E-state index in [4.69, 9.17) is 0 Å². The van der Waals surface area contributed by atoms with Crippen LogP contribution in [0.3, 0.4) is 0 Å². The van der Waals surface area contributed by atoms with Gasteiger partial charge < -0.3 is 5.32 Å². The van der Waals surface area contributed by atoms with Gasteiger partial charge in [-0.25, -0.2) is 4.98 Å². The minimum atomic E-state index is -0.212. The van der Waals surface area contributed by atoms with Crippen LogP contribution in [0.1, 0.15) is 66.9 Å². The second kappa shape index (κ2) is 8.11. The van der Waals surface area contributed by atoms with E-state index in [1.807, 2.05) is 19.9 Å². The Balaban J connectivity index is 1.99. The molecule has 3 aromatic rings. The quantitative estimate of drug-likeness (QED) is 0.622. The van der Waals surface area contributed by atoms with Gasteiger partial charge in [-0.05, 0) is 49.3 Å². The number of hydrogen-bond donors (Lipinski definition) is 1. The maximum Gasteiger partial charge on any atom is 0.263 e. The second-order valence-electron chi connectivity index (χ2n) is 8.18. The first kappa shape index (κ1) is 21.2. The molecule has 1 amide bonds. The zero-order chi connectivity index (χ0) is 21.5. The molecule has 2 aromatic heterocycles. The molecule has 0 aliphatic rings. The van der Waals surface area contributed by atoms with Crippen LogP contribution in [0.25, 0.3) is 10.2 Å². The third-order valence-electron chi connectivity index (χ3n) is 5.42. The van der Waals surface area contributed by atoms with Gasteiger partial charge in [0.1, 0.15) is 17.2 Å². The number of amides is 1. The Labute approximate surface area is 175 Å². The SMILES string of the molecule is Cc1sc2nc(C)n(CC(=O)Nc3c(C(C)C)cccc3C(C)C)c(=O)c2c1C. The van der Waals surface area contributed by atoms with Gasteiger partial charge in [-0.2, -0.15) is 0 Å². The topological polar surface area (TPSA) is 64.0 Å². The van der Waals surface area contributed by atoms with Crippen molar-refractivity contribution >= 4 is 33.1 Å². The molecular formula is C23H29N3O2S. The van der Waals surface area contributed by atoms with Crippen LogP contribution in [0.15, 0.2) is 23.0 Å². The van der Waals surface area contributed by atoms with E-state index in [2.05, 4.69) is 50.1 Å². The summed E-state index contributed by atoms with van der Waals surface area (Å²) < 4.78 is 1.48. The van der Waals surface area contributed by atoms with Gasteiger partial charge >= 0.3 is 0 Å². The number of fused-ring (bicyclic) bond motifs is 1. The number of para-hydroxylation sites is 1. The fourth-order valence-electron chi connectivity index (χ4n) is 3.63. The van der Waals surface area contributed by atoms with Crippen LogP contribution in [0.5, 0.6) is 0 Å². The van der Waals surface area contributed by atoms with Crippen molar-refractivity contribution in [3.8, 4) is 0 Å². The minimum Gasteiger partial charge on any atom is -0.324 e. The van der Waals surface area contributed by atoms with Crippen LogP contribution >= 0.6 is 11.3 Å². The van der Waals surface area contributed by atoms with Crippen LogP contribution in [-0.4, -0.2) is 15.5 Å². The number of carbonyl (C=O) groups excluding carboxylic acids is 1. The number of thiophene rings is 1. The van der Waals surface area contributed by atoms with E-state index in [-0.39, 0.29) is 29.8 Å². The number of anilines is 1. The normalized spacial score (nSPS) is 11.6. The second-order valence-corrected chi connectivity index (χ2v) is 9.39. The molecule has 2 heterocycles. The Kier molecular flexibility index (Phi) is 5.94. The number of carbonyl (C=O) groups is 1. The summed E-state index contributed by atoms with van der Waals surface area (Å²) in [6.45, 7) is 14.1. The van der Waals surface area contributed by atoms with Crippen molar-refractivity contribution in [1.82, 2.24) is 9.55 Å². The highest BCUT2D eigenvalue weighted by atomic mass is 32.1. The summed E-state index contributed by atoms with van der Waals surface area (Å²) in [6.07, 6.45) is 0. The molecule has 0 radical (unpaired) electrons. The Hall–Kier alpha value is -2.47. The van der Waals surface area contributed by atoms with E-state index in [1.165, 1.54) is 15.9 Å². The summed E-state index contributed by atoms with van der Waals surface area (Å²) >= 11 is 1.52. The average molecular weight is 412 g/mol. The van der Waals surface area contributed by atoms with Crippen LogP contribution in [-0.2, 0) is 11.3 Å². The molecule has 1 aromatic carbocycles. The number of aryl methyl sites for hydroxylation is 3. The van der Waals surface area contributed by atoms with Crippen LogP contribution < -0.4 is 10.9 Å². The number of rotatable bonds is 5. The third-order valence-corrected chi connectivity index (χ3v) is 6.52. The predicted octanol–water partition coefficient (Wildman–Crippen LogP) is 5.27. The molecule has 5 nitrogen and oxygen atoms in total. The number of hydrogen-bond acceptors (Lipinski definition) is 4. The predicted molar refractivity (Wildman–Crippen MR) is 121 cm³/mol. The molecule has 6 heteroatoms.